The fourth-order valence-corrected chi connectivity index (χ4v) is 4.25. The van der Waals surface area contributed by atoms with Gasteiger partial charge in [0.2, 0.25) is 0 Å². The molecule has 0 unspecified atom stereocenters. The van der Waals surface area contributed by atoms with Crippen LogP contribution in [-0.4, -0.2) is 13.4 Å². The molecule has 0 amide bonds. The SMILES string of the molecule is Cc1c(C(F)F)ncc(I)c1S(=O)(=O)Cl. The van der Waals surface area contributed by atoms with Crippen molar-refractivity contribution >= 4 is 42.3 Å². The largest absolute Gasteiger partial charge is 0.280 e. The Balaban J connectivity index is 3.59. The highest BCUT2D eigenvalue weighted by Gasteiger charge is 2.24. The molecular weight excluding hydrogens is 363 g/mol. The van der Waals surface area contributed by atoms with Gasteiger partial charge in [-0.3, -0.25) is 4.98 Å². The normalized spacial score (nSPS) is 12.1. The van der Waals surface area contributed by atoms with Gasteiger partial charge in [0.05, 0.1) is 3.57 Å². The molecule has 0 spiro atoms. The van der Waals surface area contributed by atoms with Crippen molar-refractivity contribution in [1.29, 1.82) is 0 Å². The van der Waals surface area contributed by atoms with Crippen molar-refractivity contribution in [3.8, 4) is 0 Å². The van der Waals surface area contributed by atoms with Crippen molar-refractivity contribution in [2.45, 2.75) is 18.2 Å². The summed E-state index contributed by atoms with van der Waals surface area (Å²) in [5.41, 5.74) is -0.665. The summed E-state index contributed by atoms with van der Waals surface area (Å²) in [6, 6.07) is 0. The molecule has 1 aromatic heterocycles. The van der Waals surface area contributed by atoms with Gasteiger partial charge in [-0.2, -0.15) is 0 Å². The summed E-state index contributed by atoms with van der Waals surface area (Å²) in [6.07, 6.45) is -1.76. The van der Waals surface area contributed by atoms with Crippen LogP contribution in [0.5, 0.6) is 0 Å². The van der Waals surface area contributed by atoms with E-state index in [9.17, 15) is 17.2 Å². The fraction of sp³-hybridized carbons (Fsp3) is 0.286. The average Bonchev–Trinajstić information content (AvgIpc) is 2.00. The smallest absolute Gasteiger partial charge is 0.254 e. The maximum absolute atomic E-state index is 12.4. The Bertz CT molecular complexity index is 492. The zero-order valence-electron chi connectivity index (χ0n) is 7.34. The van der Waals surface area contributed by atoms with Gasteiger partial charge in [0.1, 0.15) is 10.6 Å². The van der Waals surface area contributed by atoms with Crippen LogP contribution in [0.1, 0.15) is 17.7 Å². The van der Waals surface area contributed by atoms with Crippen molar-refractivity contribution in [2.75, 3.05) is 0 Å². The Hall–Kier alpha value is -0.0200. The predicted octanol–water partition coefficient (Wildman–Crippen LogP) is 2.86. The molecule has 0 saturated carbocycles. The fourth-order valence-electron chi connectivity index (χ4n) is 1.10. The third kappa shape index (κ3) is 2.76. The molecule has 0 bridgehead atoms. The Morgan fingerprint density at radius 1 is 1.53 bits per heavy atom. The molecule has 0 aliphatic carbocycles. The van der Waals surface area contributed by atoms with Crippen LogP contribution in [0.3, 0.4) is 0 Å². The van der Waals surface area contributed by atoms with E-state index in [0.29, 0.717) is 0 Å². The molecule has 0 aliphatic rings. The van der Waals surface area contributed by atoms with Gasteiger partial charge < -0.3 is 0 Å². The standard InChI is InChI=1S/C7H5ClF2INO2S/c1-3-5(7(9)10)12-2-4(11)6(3)15(8,13)14/h2,7H,1H3. The number of hydrogen-bond donors (Lipinski definition) is 0. The van der Waals surface area contributed by atoms with E-state index in [2.05, 4.69) is 4.98 Å². The third-order valence-electron chi connectivity index (χ3n) is 1.71. The molecule has 0 radical (unpaired) electrons. The molecule has 3 nitrogen and oxygen atoms in total. The van der Waals surface area contributed by atoms with Gasteiger partial charge in [-0.05, 0) is 35.1 Å². The van der Waals surface area contributed by atoms with Gasteiger partial charge in [0.25, 0.3) is 15.5 Å². The summed E-state index contributed by atoms with van der Waals surface area (Å²) < 4.78 is 47.4. The van der Waals surface area contributed by atoms with E-state index in [-0.39, 0.29) is 14.0 Å². The first-order chi connectivity index (χ1) is 6.75. The zero-order valence-corrected chi connectivity index (χ0v) is 11.1. The highest BCUT2D eigenvalue weighted by Crippen LogP contribution is 2.30. The Labute approximate surface area is 103 Å². The van der Waals surface area contributed by atoms with Crippen molar-refractivity contribution in [1.82, 2.24) is 4.98 Å². The molecular formula is C7H5ClF2INO2S. The second-order valence-corrected chi connectivity index (χ2v) is 6.35. The first kappa shape index (κ1) is 13.0. The number of aromatic nitrogens is 1. The number of pyridine rings is 1. The Kier molecular flexibility index (Phi) is 3.88. The van der Waals surface area contributed by atoms with Crippen LogP contribution in [0.15, 0.2) is 11.1 Å². The number of alkyl halides is 2. The first-order valence-electron chi connectivity index (χ1n) is 3.63. The van der Waals surface area contributed by atoms with Gasteiger partial charge in [0, 0.05) is 16.9 Å². The first-order valence-corrected chi connectivity index (χ1v) is 7.01. The number of halogens is 4. The molecule has 8 heteroatoms. The lowest BCUT2D eigenvalue weighted by Crippen LogP contribution is -2.04. The van der Waals surface area contributed by atoms with Crippen LogP contribution in [0.25, 0.3) is 0 Å². The highest BCUT2D eigenvalue weighted by atomic mass is 127. The molecule has 0 atom stereocenters. The van der Waals surface area contributed by atoms with E-state index < -0.39 is 21.2 Å². The molecule has 0 saturated heterocycles. The molecule has 0 fully saturated rings. The molecule has 0 aliphatic heterocycles. The van der Waals surface area contributed by atoms with Gasteiger partial charge in [-0.1, -0.05) is 0 Å². The lowest BCUT2D eigenvalue weighted by Gasteiger charge is -2.08. The summed E-state index contributed by atoms with van der Waals surface area (Å²) in [4.78, 5) is 3.17. The number of rotatable bonds is 2. The summed E-state index contributed by atoms with van der Waals surface area (Å²) in [5.74, 6) is 0. The van der Waals surface area contributed by atoms with Crippen LogP contribution < -0.4 is 0 Å². The lowest BCUT2D eigenvalue weighted by molar-refractivity contribution is 0.145. The van der Waals surface area contributed by atoms with Gasteiger partial charge in [-0.15, -0.1) is 0 Å². The summed E-state index contributed by atoms with van der Waals surface area (Å²) >= 11 is 1.68. The van der Waals surface area contributed by atoms with E-state index in [1.54, 1.807) is 22.6 Å². The topological polar surface area (TPSA) is 47.0 Å². The van der Waals surface area contributed by atoms with Crippen LogP contribution in [0, 0.1) is 10.5 Å². The summed E-state index contributed by atoms with van der Waals surface area (Å²) in [7, 11) is 1.11. The van der Waals surface area contributed by atoms with E-state index in [1.807, 2.05) is 0 Å². The van der Waals surface area contributed by atoms with Crippen molar-refractivity contribution in [3.63, 3.8) is 0 Å². The zero-order chi connectivity index (χ0) is 11.8. The molecule has 0 N–H and O–H groups in total. The second kappa shape index (κ2) is 4.46. The predicted molar refractivity (Wildman–Crippen MR) is 59.7 cm³/mol. The molecule has 84 valence electrons. The number of nitrogens with zero attached hydrogens (tertiary/aromatic N) is 1. The molecule has 1 aromatic rings. The maximum atomic E-state index is 12.4. The third-order valence-corrected chi connectivity index (χ3v) is 4.37. The molecule has 1 rings (SSSR count). The summed E-state index contributed by atoms with van der Waals surface area (Å²) in [5, 5.41) is 0. The summed E-state index contributed by atoms with van der Waals surface area (Å²) in [6.45, 7) is 1.26. The highest BCUT2D eigenvalue weighted by molar-refractivity contribution is 14.1. The van der Waals surface area contributed by atoms with Crippen molar-refractivity contribution < 1.29 is 17.2 Å². The number of hydrogen-bond acceptors (Lipinski definition) is 3. The van der Waals surface area contributed by atoms with Gasteiger partial charge in [-0.25, -0.2) is 17.2 Å². The molecule has 15 heavy (non-hydrogen) atoms. The van der Waals surface area contributed by atoms with Crippen LogP contribution in [0.4, 0.5) is 8.78 Å². The Morgan fingerprint density at radius 2 is 2.07 bits per heavy atom. The van der Waals surface area contributed by atoms with Crippen LogP contribution in [0.2, 0.25) is 0 Å². The Morgan fingerprint density at radius 3 is 2.47 bits per heavy atom. The van der Waals surface area contributed by atoms with E-state index in [0.717, 1.165) is 6.20 Å². The van der Waals surface area contributed by atoms with Crippen molar-refractivity contribution in [2.24, 2.45) is 0 Å². The average molecular weight is 368 g/mol. The van der Waals surface area contributed by atoms with Gasteiger partial charge in [0.15, 0.2) is 0 Å². The van der Waals surface area contributed by atoms with E-state index in [1.165, 1.54) is 6.92 Å². The minimum Gasteiger partial charge on any atom is -0.254 e. The van der Waals surface area contributed by atoms with Crippen molar-refractivity contribution in [3.05, 3.63) is 21.0 Å². The van der Waals surface area contributed by atoms with E-state index in [4.69, 9.17) is 10.7 Å². The second-order valence-electron chi connectivity index (χ2n) is 2.68. The molecule has 1 heterocycles. The minimum absolute atomic E-state index is 0.105. The maximum Gasteiger partial charge on any atom is 0.280 e. The minimum atomic E-state index is -4.03. The van der Waals surface area contributed by atoms with Crippen LogP contribution >= 0.6 is 33.3 Å². The lowest BCUT2D eigenvalue weighted by atomic mass is 10.2. The van der Waals surface area contributed by atoms with Crippen LogP contribution in [-0.2, 0) is 9.05 Å². The quantitative estimate of drug-likeness (QED) is 0.596. The monoisotopic (exact) mass is 367 g/mol. The van der Waals surface area contributed by atoms with Gasteiger partial charge >= 0.3 is 0 Å². The van der Waals surface area contributed by atoms with E-state index >= 15 is 0 Å². The molecule has 0 aromatic carbocycles.